The molecule has 4 rings (SSSR count). The number of nitrogens with zero attached hydrogens (tertiary/aromatic N) is 3. The smallest absolute Gasteiger partial charge is 0.265 e. The van der Waals surface area contributed by atoms with Gasteiger partial charge in [0.05, 0.1) is 5.69 Å². The Morgan fingerprint density at radius 3 is 2.59 bits per heavy atom. The normalized spacial score (nSPS) is 15.3. The van der Waals surface area contributed by atoms with Crippen LogP contribution in [0.25, 0.3) is 10.6 Å². The van der Waals surface area contributed by atoms with E-state index >= 15 is 0 Å². The van der Waals surface area contributed by atoms with Crippen LogP contribution in [-0.4, -0.2) is 46.9 Å². The van der Waals surface area contributed by atoms with Gasteiger partial charge in [0.15, 0.2) is 0 Å². The topological polar surface area (TPSA) is 36.4 Å². The van der Waals surface area contributed by atoms with E-state index in [1.165, 1.54) is 22.5 Å². The number of piperazine rings is 1. The lowest BCUT2D eigenvalue weighted by Crippen LogP contribution is -2.48. The monoisotopic (exact) mass is 397 g/mol. The van der Waals surface area contributed by atoms with E-state index in [1.807, 2.05) is 17.2 Å². The molecule has 6 heteroatoms. The van der Waals surface area contributed by atoms with Crippen molar-refractivity contribution in [2.45, 2.75) is 20.4 Å². The van der Waals surface area contributed by atoms with Gasteiger partial charge in [-0.15, -0.1) is 11.3 Å². The number of aromatic nitrogens is 1. The Balaban J connectivity index is 1.40. The molecule has 0 aliphatic carbocycles. The van der Waals surface area contributed by atoms with Gasteiger partial charge in [-0.05, 0) is 36.4 Å². The fraction of sp³-hybridized carbons (Fsp3) is 0.333. The number of benzene rings is 1. The molecular formula is C21H23N3OS2. The van der Waals surface area contributed by atoms with Crippen molar-refractivity contribution in [2.24, 2.45) is 0 Å². The minimum atomic E-state index is 0.127. The van der Waals surface area contributed by atoms with E-state index in [0.717, 1.165) is 53.9 Å². The van der Waals surface area contributed by atoms with E-state index in [9.17, 15) is 4.79 Å². The second-order valence-electron chi connectivity index (χ2n) is 6.94. The van der Waals surface area contributed by atoms with Crippen LogP contribution in [0.3, 0.4) is 0 Å². The van der Waals surface area contributed by atoms with Gasteiger partial charge in [-0.25, -0.2) is 4.98 Å². The minimum Gasteiger partial charge on any atom is -0.335 e. The third-order valence-electron chi connectivity index (χ3n) is 5.07. The zero-order chi connectivity index (χ0) is 18.8. The highest BCUT2D eigenvalue weighted by Crippen LogP contribution is 2.30. The quantitative estimate of drug-likeness (QED) is 0.653. The van der Waals surface area contributed by atoms with Crippen LogP contribution in [0.4, 0.5) is 0 Å². The third-order valence-corrected chi connectivity index (χ3v) is 6.95. The summed E-state index contributed by atoms with van der Waals surface area (Å²) < 4.78 is 0. The van der Waals surface area contributed by atoms with Gasteiger partial charge >= 0.3 is 0 Å². The molecule has 1 aliphatic heterocycles. The van der Waals surface area contributed by atoms with Crippen LogP contribution < -0.4 is 0 Å². The SMILES string of the molecule is Cc1ccccc1CN1CCN(C(=O)c2sc(-c3ccsc3)nc2C)CC1. The lowest BCUT2D eigenvalue weighted by atomic mass is 10.1. The highest BCUT2D eigenvalue weighted by atomic mass is 32.1. The van der Waals surface area contributed by atoms with Gasteiger partial charge in [0.2, 0.25) is 0 Å². The van der Waals surface area contributed by atoms with E-state index in [4.69, 9.17) is 0 Å². The molecule has 0 saturated carbocycles. The van der Waals surface area contributed by atoms with Crippen LogP contribution in [0.5, 0.6) is 0 Å². The average molecular weight is 398 g/mol. The molecule has 0 N–H and O–H groups in total. The summed E-state index contributed by atoms with van der Waals surface area (Å²) in [5.41, 5.74) is 4.65. The Hall–Kier alpha value is -2.02. The molecular weight excluding hydrogens is 374 g/mol. The highest BCUT2D eigenvalue weighted by molar-refractivity contribution is 7.17. The summed E-state index contributed by atoms with van der Waals surface area (Å²) >= 11 is 3.17. The molecule has 140 valence electrons. The number of carbonyl (C=O) groups is 1. The van der Waals surface area contributed by atoms with E-state index < -0.39 is 0 Å². The minimum absolute atomic E-state index is 0.127. The van der Waals surface area contributed by atoms with Gasteiger partial charge in [0.1, 0.15) is 9.88 Å². The number of thiazole rings is 1. The van der Waals surface area contributed by atoms with Gasteiger partial charge in [-0.3, -0.25) is 9.69 Å². The van der Waals surface area contributed by atoms with E-state index in [0.29, 0.717) is 0 Å². The summed E-state index contributed by atoms with van der Waals surface area (Å²) in [4.78, 5) is 22.8. The molecule has 1 amide bonds. The third kappa shape index (κ3) is 3.98. The molecule has 3 aromatic rings. The van der Waals surface area contributed by atoms with Crippen LogP contribution in [0.2, 0.25) is 0 Å². The Bertz CT molecular complexity index is 925. The molecule has 0 radical (unpaired) electrons. The maximum absolute atomic E-state index is 13.0. The molecule has 0 unspecified atom stereocenters. The van der Waals surface area contributed by atoms with Gasteiger partial charge in [-0.1, -0.05) is 24.3 Å². The van der Waals surface area contributed by atoms with Crippen molar-refractivity contribution < 1.29 is 4.79 Å². The first-order valence-corrected chi connectivity index (χ1v) is 10.9. The zero-order valence-corrected chi connectivity index (χ0v) is 17.3. The van der Waals surface area contributed by atoms with Crippen LogP contribution in [0.15, 0.2) is 41.1 Å². The number of carbonyl (C=O) groups excluding carboxylic acids is 1. The van der Waals surface area contributed by atoms with Gasteiger partial charge in [0, 0.05) is 43.7 Å². The fourth-order valence-electron chi connectivity index (χ4n) is 3.39. The first-order valence-electron chi connectivity index (χ1n) is 9.18. The highest BCUT2D eigenvalue weighted by Gasteiger charge is 2.25. The molecule has 0 atom stereocenters. The van der Waals surface area contributed by atoms with E-state index in [2.05, 4.69) is 52.5 Å². The van der Waals surface area contributed by atoms with Gasteiger partial charge in [0.25, 0.3) is 5.91 Å². The molecule has 4 nitrogen and oxygen atoms in total. The second-order valence-corrected chi connectivity index (χ2v) is 8.72. The summed E-state index contributed by atoms with van der Waals surface area (Å²) in [5.74, 6) is 0.127. The van der Waals surface area contributed by atoms with Crippen molar-refractivity contribution >= 4 is 28.6 Å². The van der Waals surface area contributed by atoms with Crippen molar-refractivity contribution in [3.63, 3.8) is 0 Å². The summed E-state index contributed by atoms with van der Waals surface area (Å²) in [6, 6.07) is 10.6. The number of hydrogen-bond acceptors (Lipinski definition) is 5. The molecule has 0 bridgehead atoms. The Morgan fingerprint density at radius 2 is 1.89 bits per heavy atom. The Morgan fingerprint density at radius 1 is 1.11 bits per heavy atom. The number of amides is 1. The lowest BCUT2D eigenvalue weighted by Gasteiger charge is -2.34. The maximum Gasteiger partial charge on any atom is 0.265 e. The number of rotatable bonds is 4. The van der Waals surface area contributed by atoms with Crippen LogP contribution in [0.1, 0.15) is 26.5 Å². The lowest BCUT2D eigenvalue weighted by molar-refractivity contribution is 0.0632. The fourth-order valence-corrected chi connectivity index (χ4v) is 5.13. The standard InChI is InChI=1S/C21H23N3OS2/c1-15-5-3-4-6-17(15)13-23-8-10-24(11-9-23)21(25)19-16(2)22-20(27-19)18-7-12-26-14-18/h3-7,12,14H,8-11,13H2,1-2H3. The predicted molar refractivity (Wildman–Crippen MR) is 113 cm³/mol. The van der Waals surface area contributed by atoms with Gasteiger partial charge < -0.3 is 4.90 Å². The molecule has 1 saturated heterocycles. The number of thiophene rings is 1. The average Bonchev–Trinajstić information content (AvgIpc) is 3.33. The van der Waals surface area contributed by atoms with Crippen molar-refractivity contribution in [3.05, 3.63) is 62.8 Å². The first kappa shape index (κ1) is 18.3. The zero-order valence-electron chi connectivity index (χ0n) is 15.6. The van der Waals surface area contributed by atoms with Crippen LogP contribution >= 0.6 is 22.7 Å². The largest absolute Gasteiger partial charge is 0.335 e. The van der Waals surface area contributed by atoms with Crippen molar-refractivity contribution in [1.82, 2.24) is 14.8 Å². The predicted octanol–water partition coefficient (Wildman–Crippen LogP) is 4.45. The molecule has 27 heavy (non-hydrogen) atoms. The van der Waals surface area contributed by atoms with Crippen molar-refractivity contribution in [2.75, 3.05) is 26.2 Å². The van der Waals surface area contributed by atoms with Crippen LogP contribution in [0, 0.1) is 13.8 Å². The summed E-state index contributed by atoms with van der Waals surface area (Å²) in [7, 11) is 0. The van der Waals surface area contributed by atoms with Gasteiger partial charge in [-0.2, -0.15) is 11.3 Å². The molecule has 1 aromatic carbocycles. The summed E-state index contributed by atoms with van der Waals surface area (Å²) in [6.45, 7) is 8.42. The first-order chi connectivity index (χ1) is 13.1. The Kier molecular flexibility index (Phi) is 5.38. The van der Waals surface area contributed by atoms with Crippen molar-refractivity contribution in [3.8, 4) is 10.6 Å². The van der Waals surface area contributed by atoms with Crippen LogP contribution in [-0.2, 0) is 6.54 Å². The molecule has 0 spiro atoms. The number of hydrogen-bond donors (Lipinski definition) is 0. The molecule has 1 aliphatic rings. The van der Waals surface area contributed by atoms with Crippen molar-refractivity contribution in [1.29, 1.82) is 0 Å². The second kappa shape index (κ2) is 7.92. The van der Waals surface area contributed by atoms with E-state index in [-0.39, 0.29) is 5.91 Å². The maximum atomic E-state index is 13.0. The summed E-state index contributed by atoms with van der Waals surface area (Å²) in [5, 5.41) is 5.06. The molecule has 2 aromatic heterocycles. The summed E-state index contributed by atoms with van der Waals surface area (Å²) in [6.07, 6.45) is 0. The Labute approximate surface area is 168 Å². The van der Waals surface area contributed by atoms with E-state index in [1.54, 1.807) is 11.3 Å². The molecule has 3 heterocycles. The number of aryl methyl sites for hydroxylation is 2. The molecule has 1 fully saturated rings.